The maximum atomic E-state index is 5.66. The molecule has 1 radical (unpaired) electrons. The van der Waals surface area contributed by atoms with Crippen LogP contribution in [0.4, 0.5) is 0 Å². The van der Waals surface area contributed by atoms with Crippen molar-refractivity contribution in [3.63, 3.8) is 0 Å². The van der Waals surface area contributed by atoms with Gasteiger partial charge in [-0.2, -0.15) is 0 Å². The van der Waals surface area contributed by atoms with Crippen LogP contribution in [0.15, 0.2) is 18.2 Å². The van der Waals surface area contributed by atoms with Crippen molar-refractivity contribution in [2.75, 3.05) is 13.2 Å². The molecule has 1 rings (SSSR count). The fraction of sp³-hybridized carbons (Fsp3) is 0.500. The summed E-state index contributed by atoms with van der Waals surface area (Å²) in [5.41, 5.74) is 2.54. The molecule has 15 heavy (non-hydrogen) atoms. The van der Waals surface area contributed by atoms with E-state index in [1.807, 2.05) is 13.8 Å². The summed E-state index contributed by atoms with van der Waals surface area (Å²) in [6, 6.07) is 6.49. The van der Waals surface area contributed by atoms with Crippen molar-refractivity contribution in [1.29, 1.82) is 0 Å². The predicted octanol–water partition coefficient (Wildman–Crippen LogP) is 2.07. The maximum absolute atomic E-state index is 5.66. The van der Waals surface area contributed by atoms with Crippen LogP contribution >= 0.6 is 0 Å². The van der Waals surface area contributed by atoms with Gasteiger partial charge < -0.3 is 8.85 Å². The van der Waals surface area contributed by atoms with Crippen LogP contribution in [-0.2, 0) is 8.85 Å². The molecule has 0 bridgehead atoms. The Morgan fingerprint density at radius 2 is 1.40 bits per heavy atom. The van der Waals surface area contributed by atoms with E-state index in [9.17, 15) is 0 Å². The Hall–Kier alpha value is -0.643. The van der Waals surface area contributed by atoms with Crippen LogP contribution < -0.4 is 5.19 Å². The van der Waals surface area contributed by atoms with Crippen LogP contribution in [0.1, 0.15) is 25.0 Å². The Morgan fingerprint density at radius 1 is 0.933 bits per heavy atom. The van der Waals surface area contributed by atoms with Crippen LogP contribution in [0, 0.1) is 13.8 Å². The van der Waals surface area contributed by atoms with Gasteiger partial charge in [-0.3, -0.25) is 0 Å². The van der Waals surface area contributed by atoms with Gasteiger partial charge in [0.15, 0.2) is 0 Å². The molecule has 0 saturated carbocycles. The molecule has 0 fully saturated rings. The first kappa shape index (κ1) is 12.4. The zero-order valence-electron chi connectivity index (χ0n) is 9.96. The third-order valence-corrected chi connectivity index (χ3v) is 3.87. The van der Waals surface area contributed by atoms with Gasteiger partial charge in [-0.25, -0.2) is 0 Å². The van der Waals surface area contributed by atoms with E-state index in [1.54, 1.807) is 0 Å². The minimum Gasteiger partial charge on any atom is -0.390 e. The number of rotatable bonds is 5. The Balaban J connectivity index is 2.88. The van der Waals surface area contributed by atoms with Crippen molar-refractivity contribution in [2.24, 2.45) is 0 Å². The first-order chi connectivity index (χ1) is 7.17. The van der Waals surface area contributed by atoms with Crippen LogP contribution in [0.5, 0.6) is 0 Å². The number of benzene rings is 1. The number of hydrogen-bond donors (Lipinski definition) is 0. The van der Waals surface area contributed by atoms with Crippen molar-refractivity contribution < 1.29 is 8.85 Å². The Bertz CT molecular complexity index is 286. The molecule has 1 aromatic carbocycles. The highest BCUT2D eigenvalue weighted by molar-refractivity contribution is 6.61. The lowest BCUT2D eigenvalue weighted by Gasteiger charge is -2.14. The normalized spacial score (nSPS) is 11.0. The molecule has 0 N–H and O–H groups in total. The van der Waals surface area contributed by atoms with Crippen LogP contribution in [0.2, 0.25) is 0 Å². The minimum atomic E-state index is -1.27. The largest absolute Gasteiger partial charge is 0.423 e. The standard InChI is InChI=1S/C12H19O2Si/c1-5-13-15(14-6-2)12-8-10(3)7-11(4)9-12/h7-9H,5-6H2,1-4H3. The lowest BCUT2D eigenvalue weighted by Crippen LogP contribution is -2.37. The molecular formula is C12H19O2Si. The monoisotopic (exact) mass is 223 g/mol. The van der Waals surface area contributed by atoms with Gasteiger partial charge >= 0.3 is 9.28 Å². The fourth-order valence-electron chi connectivity index (χ4n) is 1.56. The number of aryl methyl sites for hydroxylation is 2. The molecule has 0 saturated heterocycles. The Morgan fingerprint density at radius 3 is 1.80 bits per heavy atom. The molecule has 0 amide bonds. The first-order valence-corrected chi connectivity index (χ1v) is 6.70. The van der Waals surface area contributed by atoms with E-state index in [-0.39, 0.29) is 0 Å². The molecular weight excluding hydrogens is 204 g/mol. The van der Waals surface area contributed by atoms with E-state index in [0.29, 0.717) is 13.2 Å². The zero-order chi connectivity index (χ0) is 11.3. The zero-order valence-corrected chi connectivity index (χ0v) is 11.0. The van der Waals surface area contributed by atoms with Crippen molar-refractivity contribution in [3.8, 4) is 0 Å². The molecule has 0 spiro atoms. The summed E-state index contributed by atoms with van der Waals surface area (Å²) in [6.45, 7) is 9.64. The van der Waals surface area contributed by atoms with Crippen molar-refractivity contribution in [2.45, 2.75) is 27.7 Å². The first-order valence-electron chi connectivity index (χ1n) is 5.38. The summed E-state index contributed by atoms with van der Waals surface area (Å²) >= 11 is 0. The predicted molar refractivity (Wildman–Crippen MR) is 64.6 cm³/mol. The summed E-state index contributed by atoms with van der Waals surface area (Å²) in [5.74, 6) is 0. The molecule has 0 heterocycles. The maximum Gasteiger partial charge on any atom is 0.423 e. The molecule has 2 nitrogen and oxygen atoms in total. The van der Waals surface area contributed by atoms with E-state index in [2.05, 4.69) is 32.0 Å². The van der Waals surface area contributed by atoms with E-state index in [1.165, 1.54) is 16.3 Å². The third-order valence-electron chi connectivity index (χ3n) is 2.01. The highest BCUT2D eigenvalue weighted by atomic mass is 28.3. The van der Waals surface area contributed by atoms with Gasteiger partial charge in [-0.1, -0.05) is 29.3 Å². The summed E-state index contributed by atoms with van der Waals surface area (Å²) in [4.78, 5) is 0. The molecule has 1 aromatic rings. The van der Waals surface area contributed by atoms with Gasteiger partial charge in [-0.05, 0) is 32.9 Å². The van der Waals surface area contributed by atoms with Gasteiger partial charge in [0.1, 0.15) is 0 Å². The summed E-state index contributed by atoms with van der Waals surface area (Å²) in [5, 5.41) is 1.21. The summed E-state index contributed by atoms with van der Waals surface area (Å²) in [6.07, 6.45) is 0. The lowest BCUT2D eigenvalue weighted by molar-refractivity contribution is 0.225. The molecule has 0 aromatic heterocycles. The van der Waals surface area contributed by atoms with E-state index in [4.69, 9.17) is 8.85 Å². The highest BCUT2D eigenvalue weighted by Crippen LogP contribution is 2.03. The molecule has 83 valence electrons. The SMILES string of the molecule is CCO[Si](OCC)c1cc(C)cc(C)c1. The van der Waals surface area contributed by atoms with Gasteiger partial charge in [0, 0.05) is 13.2 Å². The number of hydrogen-bond acceptors (Lipinski definition) is 2. The fourth-order valence-corrected chi connectivity index (χ4v) is 3.20. The summed E-state index contributed by atoms with van der Waals surface area (Å²) in [7, 11) is -1.27. The smallest absolute Gasteiger partial charge is 0.390 e. The van der Waals surface area contributed by atoms with Crippen LogP contribution in [0.3, 0.4) is 0 Å². The van der Waals surface area contributed by atoms with Gasteiger partial charge in [0.2, 0.25) is 0 Å². The van der Waals surface area contributed by atoms with Crippen LogP contribution in [-0.4, -0.2) is 22.5 Å². The molecule has 0 aliphatic carbocycles. The van der Waals surface area contributed by atoms with Gasteiger partial charge in [-0.15, -0.1) is 0 Å². The third kappa shape index (κ3) is 3.78. The second kappa shape index (κ2) is 6.05. The quantitative estimate of drug-likeness (QED) is 0.712. The lowest BCUT2D eigenvalue weighted by atomic mass is 10.2. The second-order valence-corrected chi connectivity index (χ2v) is 5.26. The molecule has 0 atom stereocenters. The average Bonchev–Trinajstić information content (AvgIpc) is 2.16. The molecule has 0 aliphatic heterocycles. The van der Waals surface area contributed by atoms with Crippen LogP contribution in [0.25, 0.3) is 0 Å². The van der Waals surface area contributed by atoms with Crippen molar-refractivity contribution in [1.82, 2.24) is 0 Å². The van der Waals surface area contributed by atoms with Crippen molar-refractivity contribution >= 4 is 14.5 Å². The van der Waals surface area contributed by atoms with Gasteiger partial charge in [0.25, 0.3) is 0 Å². The molecule has 3 heteroatoms. The minimum absolute atomic E-state index is 0.710. The van der Waals surface area contributed by atoms with Gasteiger partial charge in [0.05, 0.1) is 0 Å². The summed E-state index contributed by atoms with van der Waals surface area (Å²) < 4.78 is 11.3. The molecule has 0 unspecified atom stereocenters. The Kier molecular flexibility index (Phi) is 5.01. The van der Waals surface area contributed by atoms with E-state index >= 15 is 0 Å². The van der Waals surface area contributed by atoms with E-state index in [0.717, 1.165) is 0 Å². The average molecular weight is 223 g/mol. The Labute approximate surface area is 94.1 Å². The van der Waals surface area contributed by atoms with Crippen molar-refractivity contribution in [3.05, 3.63) is 29.3 Å². The second-order valence-electron chi connectivity index (χ2n) is 3.53. The highest BCUT2D eigenvalue weighted by Gasteiger charge is 2.18. The van der Waals surface area contributed by atoms with E-state index < -0.39 is 9.28 Å². The topological polar surface area (TPSA) is 18.5 Å². The molecule has 0 aliphatic rings.